The van der Waals surface area contributed by atoms with Gasteiger partial charge in [0, 0.05) is 18.8 Å². The van der Waals surface area contributed by atoms with E-state index in [4.69, 9.17) is 0 Å². The minimum absolute atomic E-state index is 0.162. The fraction of sp³-hybridized carbons (Fsp3) is 0.267. The van der Waals surface area contributed by atoms with Gasteiger partial charge in [0.2, 0.25) is 10.0 Å². The zero-order valence-electron chi connectivity index (χ0n) is 12.1. The SMILES string of the molecule is CCNc1ncccc1S(=O)(=O)NC(C)c1ccccc1. The Balaban J connectivity index is 2.27. The van der Waals surface area contributed by atoms with Crippen molar-refractivity contribution in [2.75, 3.05) is 11.9 Å². The molecule has 21 heavy (non-hydrogen) atoms. The monoisotopic (exact) mass is 305 g/mol. The van der Waals surface area contributed by atoms with Crippen LogP contribution in [0.15, 0.2) is 53.6 Å². The fourth-order valence-electron chi connectivity index (χ4n) is 2.01. The van der Waals surface area contributed by atoms with E-state index in [1.165, 1.54) is 0 Å². The van der Waals surface area contributed by atoms with Crippen molar-refractivity contribution in [3.8, 4) is 0 Å². The highest BCUT2D eigenvalue weighted by Crippen LogP contribution is 2.21. The summed E-state index contributed by atoms with van der Waals surface area (Å²) >= 11 is 0. The maximum absolute atomic E-state index is 12.5. The summed E-state index contributed by atoms with van der Waals surface area (Å²) in [5.41, 5.74) is 0.912. The van der Waals surface area contributed by atoms with Gasteiger partial charge >= 0.3 is 0 Å². The van der Waals surface area contributed by atoms with Gasteiger partial charge in [0.25, 0.3) is 0 Å². The minimum Gasteiger partial charge on any atom is -0.369 e. The topological polar surface area (TPSA) is 71.1 Å². The van der Waals surface area contributed by atoms with E-state index in [9.17, 15) is 8.42 Å². The second-order valence-corrected chi connectivity index (χ2v) is 6.32. The molecule has 0 aliphatic carbocycles. The van der Waals surface area contributed by atoms with Crippen LogP contribution >= 0.6 is 0 Å². The van der Waals surface area contributed by atoms with Crippen molar-refractivity contribution < 1.29 is 8.42 Å². The van der Waals surface area contributed by atoms with Crippen molar-refractivity contribution in [2.24, 2.45) is 0 Å². The Morgan fingerprint density at radius 1 is 1.14 bits per heavy atom. The normalized spacial score (nSPS) is 12.9. The third kappa shape index (κ3) is 3.80. The lowest BCUT2D eigenvalue weighted by Gasteiger charge is -2.16. The molecule has 112 valence electrons. The molecule has 2 N–H and O–H groups in total. The van der Waals surface area contributed by atoms with Crippen molar-refractivity contribution in [2.45, 2.75) is 24.8 Å². The summed E-state index contributed by atoms with van der Waals surface area (Å²) in [6.07, 6.45) is 1.57. The van der Waals surface area contributed by atoms with Crippen molar-refractivity contribution in [3.05, 3.63) is 54.2 Å². The molecule has 1 aromatic heterocycles. The molecule has 0 bridgehead atoms. The summed E-state index contributed by atoms with van der Waals surface area (Å²) < 4.78 is 27.7. The maximum Gasteiger partial charge on any atom is 0.244 e. The van der Waals surface area contributed by atoms with Crippen LogP contribution in [0.3, 0.4) is 0 Å². The van der Waals surface area contributed by atoms with Gasteiger partial charge in [0.1, 0.15) is 10.7 Å². The van der Waals surface area contributed by atoms with Gasteiger partial charge in [-0.25, -0.2) is 18.1 Å². The van der Waals surface area contributed by atoms with Crippen LogP contribution in [-0.4, -0.2) is 19.9 Å². The summed E-state index contributed by atoms with van der Waals surface area (Å²) in [4.78, 5) is 4.25. The van der Waals surface area contributed by atoms with Crippen LogP contribution in [0.1, 0.15) is 25.5 Å². The molecule has 1 aromatic carbocycles. The molecule has 1 heterocycles. The van der Waals surface area contributed by atoms with E-state index in [1.54, 1.807) is 18.3 Å². The molecule has 0 radical (unpaired) electrons. The molecular weight excluding hydrogens is 286 g/mol. The minimum atomic E-state index is -3.64. The molecule has 0 fully saturated rings. The van der Waals surface area contributed by atoms with Gasteiger partial charge in [-0.05, 0) is 31.5 Å². The number of benzene rings is 1. The van der Waals surface area contributed by atoms with Crippen LogP contribution in [0.5, 0.6) is 0 Å². The summed E-state index contributed by atoms with van der Waals surface area (Å²) in [6, 6.07) is 12.3. The van der Waals surface area contributed by atoms with E-state index < -0.39 is 10.0 Å². The number of hydrogen-bond donors (Lipinski definition) is 2. The smallest absolute Gasteiger partial charge is 0.244 e. The van der Waals surface area contributed by atoms with Crippen LogP contribution in [0, 0.1) is 0 Å². The lowest BCUT2D eigenvalue weighted by molar-refractivity contribution is 0.567. The molecular formula is C15H19N3O2S. The van der Waals surface area contributed by atoms with Crippen molar-refractivity contribution in [1.82, 2.24) is 9.71 Å². The Bertz CT molecular complexity index is 687. The van der Waals surface area contributed by atoms with Crippen LogP contribution < -0.4 is 10.0 Å². The first-order valence-electron chi connectivity index (χ1n) is 6.80. The van der Waals surface area contributed by atoms with Gasteiger partial charge in [-0.1, -0.05) is 30.3 Å². The molecule has 0 spiro atoms. The highest BCUT2D eigenvalue weighted by molar-refractivity contribution is 7.89. The van der Waals surface area contributed by atoms with E-state index in [2.05, 4.69) is 15.0 Å². The molecule has 0 saturated heterocycles. The Labute approximate surface area is 125 Å². The third-order valence-corrected chi connectivity index (χ3v) is 4.61. The van der Waals surface area contributed by atoms with Gasteiger partial charge < -0.3 is 5.32 Å². The van der Waals surface area contributed by atoms with Crippen molar-refractivity contribution in [1.29, 1.82) is 0 Å². The number of rotatable bonds is 6. The van der Waals surface area contributed by atoms with Crippen LogP contribution in [-0.2, 0) is 10.0 Å². The Hall–Kier alpha value is -1.92. The number of pyridine rings is 1. The molecule has 0 amide bonds. The highest BCUT2D eigenvalue weighted by atomic mass is 32.2. The molecule has 6 heteroatoms. The highest BCUT2D eigenvalue weighted by Gasteiger charge is 2.21. The van der Waals surface area contributed by atoms with E-state index in [-0.39, 0.29) is 10.9 Å². The lowest BCUT2D eigenvalue weighted by atomic mass is 10.1. The van der Waals surface area contributed by atoms with Gasteiger partial charge in [-0.2, -0.15) is 0 Å². The number of hydrogen-bond acceptors (Lipinski definition) is 4. The lowest BCUT2D eigenvalue weighted by Crippen LogP contribution is -2.27. The van der Waals surface area contributed by atoms with E-state index in [1.807, 2.05) is 44.2 Å². The summed E-state index contributed by atoms with van der Waals surface area (Å²) in [5, 5.41) is 2.96. The molecule has 0 aliphatic rings. The van der Waals surface area contributed by atoms with Crippen LogP contribution in [0.4, 0.5) is 5.82 Å². The second kappa shape index (κ2) is 6.69. The standard InChI is InChI=1S/C15H19N3O2S/c1-3-16-15-14(10-7-11-17-15)21(19,20)18-12(2)13-8-5-4-6-9-13/h4-12,18H,3H2,1-2H3,(H,16,17). The second-order valence-electron chi connectivity index (χ2n) is 4.63. The number of nitrogens with zero attached hydrogens (tertiary/aromatic N) is 1. The van der Waals surface area contributed by atoms with Gasteiger partial charge in [-0.3, -0.25) is 0 Å². The van der Waals surface area contributed by atoms with Crippen molar-refractivity contribution in [3.63, 3.8) is 0 Å². The predicted octanol–water partition coefficient (Wildman–Crippen LogP) is 2.55. The number of aromatic nitrogens is 1. The third-order valence-electron chi connectivity index (χ3n) is 3.04. The number of nitrogens with one attached hydrogen (secondary N) is 2. The van der Waals surface area contributed by atoms with Crippen LogP contribution in [0.25, 0.3) is 0 Å². The van der Waals surface area contributed by atoms with Gasteiger partial charge in [0.15, 0.2) is 0 Å². The average Bonchev–Trinajstić information content (AvgIpc) is 2.48. The average molecular weight is 305 g/mol. The molecule has 1 unspecified atom stereocenters. The molecule has 0 saturated carbocycles. The van der Waals surface area contributed by atoms with E-state index in [0.717, 1.165) is 5.56 Å². The fourth-order valence-corrected chi connectivity index (χ4v) is 3.38. The first-order chi connectivity index (χ1) is 10.0. The van der Waals surface area contributed by atoms with Gasteiger partial charge in [0.05, 0.1) is 0 Å². The number of anilines is 1. The molecule has 2 aromatic rings. The quantitative estimate of drug-likeness (QED) is 0.860. The largest absolute Gasteiger partial charge is 0.369 e. The summed E-state index contributed by atoms with van der Waals surface area (Å²) in [7, 11) is -3.64. The first kappa shape index (κ1) is 15.5. The summed E-state index contributed by atoms with van der Waals surface area (Å²) in [6.45, 7) is 4.31. The van der Waals surface area contributed by atoms with Gasteiger partial charge in [-0.15, -0.1) is 0 Å². The van der Waals surface area contributed by atoms with E-state index in [0.29, 0.717) is 12.4 Å². The summed E-state index contributed by atoms with van der Waals surface area (Å²) in [5.74, 6) is 0.368. The Morgan fingerprint density at radius 2 is 1.86 bits per heavy atom. The maximum atomic E-state index is 12.5. The Morgan fingerprint density at radius 3 is 2.52 bits per heavy atom. The predicted molar refractivity (Wildman–Crippen MR) is 83.6 cm³/mol. The van der Waals surface area contributed by atoms with Crippen LogP contribution in [0.2, 0.25) is 0 Å². The van der Waals surface area contributed by atoms with E-state index >= 15 is 0 Å². The zero-order chi connectivity index (χ0) is 15.3. The Kier molecular flexibility index (Phi) is 4.93. The zero-order valence-corrected chi connectivity index (χ0v) is 12.9. The first-order valence-corrected chi connectivity index (χ1v) is 8.29. The van der Waals surface area contributed by atoms with Crippen molar-refractivity contribution >= 4 is 15.8 Å². The molecule has 0 aliphatic heterocycles. The molecule has 2 rings (SSSR count). The molecule has 5 nitrogen and oxygen atoms in total. The number of sulfonamides is 1. The molecule has 1 atom stereocenters.